The molecule has 0 spiro atoms. The smallest absolute Gasteiger partial charge is 0.251 e. The lowest BCUT2D eigenvalue weighted by Crippen LogP contribution is -2.34. The first-order valence-electron chi connectivity index (χ1n) is 6.63. The molecule has 108 valence electrons. The van der Waals surface area contributed by atoms with Crippen LogP contribution in [0, 0.1) is 0 Å². The second-order valence-corrected chi connectivity index (χ2v) is 5.84. The molecule has 1 atom stereocenters. The maximum atomic E-state index is 12.0. The molecule has 0 radical (unpaired) electrons. The number of nitrogens with zero attached hydrogens (tertiary/aromatic N) is 2. The zero-order valence-electron chi connectivity index (χ0n) is 11.5. The van der Waals surface area contributed by atoms with Gasteiger partial charge in [-0.25, -0.2) is 4.98 Å². The molecule has 0 saturated carbocycles. The zero-order chi connectivity index (χ0) is 14.8. The van der Waals surface area contributed by atoms with Gasteiger partial charge < -0.3 is 15.0 Å². The topological polar surface area (TPSA) is 67.2 Å². The summed E-state index contributed by atoms with van der Waals surface area (Å²) >= 11 is 1.53. The van der Waals surface area contributed by atoms with E-state index in [9.17, 15) is 4.79 Å². The minimum absolute atomic E-state index is 0.0771. The number of thiazole rings is 1. The standard InChI is InChI=1S/C15H15N3O2S/c1-10(9-19)16-14(20)11-4-5-12-13(8-11)21-15(17-12)18-6-2-3-7-18/h2-8,10,19H,9H2,1H3,(H,16,20)/t10-/m0/s1. The molecule has 0 aliphatic rings. The molecule has 6 heteroatoms. The predicted molar refractivity (Wildman–Crippen MR) is 83.0 cm³/mol. The van der Waals surface area contributed by atoms with Crippen LogP contribution in [-0.4, -0.2) is 33.2 Å². The highest BCUT2D eigenvalue weighted by Gasteiger charge is 2.12. The molecule has 2 aromatic heterocycles. The van der Waals surface area contributed by atoms with Crippen LogP contribution in [0.25, 0.3) is 15.3 Å². The lowest BCUT2D eigenvalue weighted by atomic mass is 10.2. The van der Waals surface area contributed by atoms with E-state index in [1.54, 1.807) is 13.0 Å². The second kappa shape index (κ2) is 5.67. The van der Waals surface area contributed by atoms with E-state index >= 15 is 0 Å². The Morgan fingerprint density at radius 1 is 1.43 bits per heavy atom. The number of benzene rings is 1. The summed E-state index contributed by atoms with van der Waals surface area (Å²) in [6.07, 6.45) is 3.88. The van der Waals surface area contributed by atoms with Gasteiger partial charge in [0.15, 0.2) is 5.13 Å². The van der Waals surface area contributed by atoms with E-state index in [2.05, 4.69) is 10.3 Å². The second-order valence-electron chi connectivity index (χ2n) is 4.83. The van der Waals surface area contributed by atoms with Crippen LogP contribution in [0.5, 0.6) is 0 Å². The predicted octanol–water partition coefficient (Wildman–Crippen LogP) is 2.20. The number of hydrogen-bond donors (Lipinski definition) is 2. The fourth-order valence-corrected chi connectivity index (χ4v) is 2.95. The summed E-state index contributed by atoms with van der Waals surface area (Å²) < 4.78 is 2.90. The molecule has 21 heavy (non-hydrogen) atoms. The highest BCUT2D eigenvalue weighted by molar-refractivity contribution is 7.20. The number of hydrogen-bond acceptors (Lipinski definition) is 4. The number of carbonyl (C=O) groups is 1. The number of aromatic nitrogens is 2. The van der Waals surface area contributed by atoms with Crippen LogP contribution in [-0.2, 0) is 0 Å². The average molecular weight is 301 g/mol. The fraction of sp³-hybridized carbons (Fsp3) is 0.200. The molecule has 2 N–H and O–H groups in total. The molecular formula is C15H15N3O2S. The van der Waals surface area contributed by atoms with Crippen molar-refractivity contribution in [2.24, 2.45) is 0 Å². The molecule has 1 amide bonds. The summed E-state index contributed by atoms with van der Waals surface area (Å²) in [6, 6.07) is 9.06. The van der Waals surface area contributed by atoms with Gasteiger partial charge in [-0.15, -0.1) is 0 Å². The third-order valence-corrected chi connectivity index (χ3v) is 4.15. The molecule has 3 aromatic rings. The molecular weight excluding hydrogens is 286 g/mol. The van der Waals surface area contributed by atoms with Crippen LogP contribution in [0.1, 0.15) is 17.3 Å². The van der Waals surface area contributed by atoms with Gasteiger partial charge in [-0.1, -0.05) is 11.3 Å². The fourth-order valence-electron chi connectivity index (χ4n) is 1.98. The van der Waals surface area contributed by atoms with Crippen LogP contribution < -0.4 is 5.32 Å². The highest BCUT2D eigenvalue weighted by Crippen LogP contribution is 2.26. The lowest BCUT2D eigenvalue weighted by Gasteiger charge is -2.10. The highest BCUT2D eigenvalue weighted by atomic mass is 32.1. The first-order valence-corrected chi connectivity index (χ1v) is 7.44. The Labute approximate surface area is 125 Å². The molecule has 0 aliphatic heterocycles. The van der Waals surface area contributed by atoms with Crippen molar-refractivity contribution in [2.45, 2.75) is 13.0 Å². The quantitative estimate of drug-likeness (QED) is 0.776. The summed E-state index contributed by atoms with van der Waals surface area (Å²) in [4.78, 5) is 16.6. The van der Waals surface area contributed by atoms with Crippen molar-refractivity contribution < 1.29 is 9.90 Å². The van der Waals surface area contributed by atoms with Crippen LogP contribution in [0.3, 0.4) is 0 Å². The van der Waals surface area contributed by atoms with Crippen molar-refractivity contribution in [1.29, 1.82) is 0 Å². The maximum absolute atomic E-state index is 12.0. The van der Waals surface area contributed by atoms with Crippen LogP contribution in [0.15, 0.2) is 42.7 Å². The van der Waals surface area contributed by atoms with Gasteiger partial charge in [0.2, 0.25) is 0 Å². The average Bonchev–Trinajstić information content (AvgIpc) is 3.14. The Morgan fingerprint density at radius 3 is 2.90 bits per heavy atom. The van der Waals surface area contributed by atoms with Crippen molar-refractivity contribution in [3.8, 4) is 5.13 Å². The van der Waals surface area contributed by atoms with Gasteiger partial charge in [0.25, 0.3) is 5.91 Å². The molecule has 0 saturated heterocycles. The van der Waals surface area contributed by atoms with Crippen molar-refractivity contribution in [2.75, 3.05) is 6.61 Å². The number of rotatable bonds is 4. The van der Waals surface area contributed by atoms with Crippen molar-refractivity contribution in [1.82, 2.24) is 14.9 Å². The van der Waals surface area contributed by atoms with Gasteiger partial charge in [-0.2, -0.15) is 0 Å². The van der Waals surface area contributed by atoms with Crippen molar-refractivity contribution >= 4 is 27.5 Å². The summed E-state index contributed by atoms with van der Waals surface area (Å²) in [5.41, 5.74) is 1.45. The van der Waals surface area contributed by atoms with Gasteiger partial charge in [0, 0.05) is 24.0 Å². The molecule has 0 bridgehead atoms. The van der Waals surface area contributed by atoms with E-state index in [0.717, 1.165) is 15.3 Å². The normalized spacial score (nSPS) is 12.5. The Kier molecular flexibility index (Phi) is 3.72. The van der Waals surface area contributed by atoms with Crippen molar-refractivity contribution in [3.63, 3.8) is 0 Å². The Hall–Kier alpha value is -2.18. The maximum Gasteiger partial charge on any atom is 0.251 e. The third kappa shape index (κ3) is 2.81. The van der Waals surface area contributed by atoms with Crippen LogP contribution in [0.4, 0.5) is 0 Å². The SMILES string of the molecule is C[C@@H](CO)NC(=O)c1ccc2nc(-n3cccc3)sc2c1. The largest absolute Gasteiger partial charge is 0.394 e. The van der Waals surface area contributed by atoms with E-state index in [1.807, 2.05) is 41.2 Å². The van der Waals surface area contributed by atoms with Gasteiger partial charge >= 0.3 is 0 Å². The number of aliphatic hydroxyl groups is 1. The monoisotopic (exact) mass is 301 g/mol. The molecule has 0 unspecified atom stereocenters. The number of fused-ring (bicyclic) bond motifs is 1. The molecule has 0 fully saturated rings. The number of amides is 1. The zero-order valence-corrected chi connectivity index (χ0v) is 12.3. The van der Waals surface area contributed by atoms with Gasteiger partial charge in [-0.3, -0.25) is 4.79 Å². The Morgan fingerprint density at radius 2 is 2.19 bits per heavy atom. The number of carbonyl (C=O) groups excluding carboxylic acids is 1. The minimum atomic E-state index is -0.259. The molecule has 5 nitrogen and oxygen atoms in total. The first kappa shape index (κ1) is 13.8. The molecule has 0 aliphatic carbocycles. The Bertz CT molecular complexity index is 764. The van der Waals surface area contributed by atoms with Crippen LogP contribution in [0.2, 0.25) is 0 Å². The summed E-state index contributed by atoms with van der Waals surface area (Å²) in [6.45, 7) is 1.68. The molecule has 2 heterocycles. The number of nitrogens with one attached hydrogen (secondary N) is 1. The van der Waals surface area contributed by atoms with Gasteiger partial charge in [0.05, 0.1) is 16.8 Å². The number of aliphatic hydroxyl groups excluding tert-OH is 1. The Balaban J connectivity index is 1.91. The van der Waals surface area contributed by atoms with E-state index in [1.165, 1.54) is 11.3 Å². The molecule has 3 rings (SSSR count). The van der Waals surface area contributed by atoms with Crippen molar-refractivity contribution in [3.05, 3.63) is 48.3 Å². The molecule has 1 aromatic carbocycles. The summed E-state index contributed by atoms with van der Waals surface area (Å²) in [7, 11) is 0. The first-order chi connectivity index (χ1) is 10.2. The van der Waals surface area contributed by atoms with E-state index in [-0.39, 0.29) is 18.6 Å². The van der Waals surface area contributed by atoms with E-state index in [4.69, 9.17) is 5.11 Å². The third-order valence-electron chi connectivity index (χ3n) is 3.12. The minimum Gasteiger partial charge on any atom is -0.394 e. The lowest BCUT2D eigenvalue weighted by molar-refractivity contribution is 0.0922. The van der Waals surface area contributed by atoms with Gasteiger partial charge in [0.1, 0.15) is 0 Å². The van der Waals surface area contributed by atoms with E-state index < -0.39 is 0 Å². The van der Waals surface area contributed by atoms with Crippen LogP contribution >= 0.6 is 11.3 Å². The summed E-state index contributed by atoms with van der Waals surface area (Å²) in [5, 5.41) is 12.6. The van der Waals surface area contributed by atoms with E-state index in [0.29, 0.717) is 5.56 Å². The van der Waals surface area contributed by atoms with Gasteiger partial charge in [-0.05, 0) is 37.3 Å². The summed E-state index contributed by atoms with van der Waals surface area (Å²) in [5.74, 6) is -0.186.